The number of aryl methyl sites for hydroxylation is 1. The number of anilines is 1. The molecule has 2 aromatic rings. The Balaban J connectivity index is 2.33. The van der Waals surface area contributed by atoms with E-state index in [1.54, 1.807) is 39.8 Å². The van der Waals surface area contributed by atoms with Crippen molar-refractivity contribution in [1.29, 1.82) is 0 Å². The highest BCUT2D eigenvalue weighted by molar-refractivity contribution is 7.89. The maximum absolute atomic E-state index is 12.6. The SMILES string of the molecule is CCN(CC)S(=O)(=O)c1cccc(NC(=O)c2[nH]c(C)c(C(C)=O)c2C)c1. The van der Waals surface area contributed by atoms with Gasteiger partial charge in [-0.25, -0.2) is 8.42 Å². The Labute approximate surface area is 159 Å². The Morgan fingerprint density at radius 2 is 1.78 bits per heavy atom. The van der Waals surface area contributed by atoms with Gasteiger partial charge in [0.2, 0.25) is 10.0 Å². The van der Waals surface area contributed by atoms with Gasteiger partial charge in [0.25, 0.3) is 5.91 Å². The van der Waals surface area contributed by atoms with Crippen molar-refractivity contribution in [2.24, 2.45) is 0 Å². The summed E-state index contributed by atoms with van der Waals surface area (Å²) in [5, 5.41) is 2.70. The fourth-order valence-electron chi connectivity index (χ4n) is 3.15. The van der Waals surface area contributed by atoms with Crippen LogP contribution in [0.2, 0.25) is 0 Å². The molecule has 7 nitrogen and oxygen atoms in total. The van der Waals surface area contributed by atoms with Gasteiger partial charge < -0.3 is 10.3 Å². The highest BCUT2D eigenvalue weighted by atomic mass is 32.2. The van der Waals surface area contributed by atoms with Gasteiger partial charge in [-0.1, -0.05) is 19.9 Å². The molecule has 2 rings (SSSR count). The first kappa shape index (κ1) is 20.9. The Hall–Kier alpha value is -2.45. The van der Waals surface area contributed by atoms with Crippen LogP contribution in [0.4, 0.5) is 5.69 Å². The fourth-order valence-corrected chi connectivity index (χ4v) is 4.65. The molecule has 0 aliphatic carbocycles. The third kappa shape index (κ3) is 4.12. The smallest absolute Gasteiger partial charge is 0.272 e. The van der Waals surface area contributed by atoms with E-state index in [1.165, 1.54) is 23.4 Å². The number of amides is 1. The van der Waals surface area contributed by atoms with Gasteiger partial charge >= 0.3 is 0 Å². The molecule has 0 saturated heterocycles. The molecule has 0 bridgehead atoms. The van der Waals surface area contributed by atoms with Crippen LogP contribution in [0.1, 0.15) is 52.9 Å². The second-order valence-electron chi connectivity index (χ2n) is 6.25. The molecule has 0 radical (unpaired) electrons. The van der Waals surface area contributed by atoms with Gasteiger partial charge in [-0.2, -0.15) is 4.31 Å². The minimum atomic E-state index is -3.62. The lowest BCUT2D eigenvalue weighted by molar-refractivity contribution is 0.101. The number of ketones is 1. The van der Waals surface area contributed by atoms with E-state index in [0.29, 0.717) is 35.6 Å². The Kier molecular flexibility index (Phi) is 6.22. The molecule has 0 atom stereocenters. The van der Waals surface area contributed by atoms with Gasteiger partial charge in [0.15, 0.2) is 5.78 Å². The van der Waals surface area contributed by atoms with E-state index in [2.05, 4.69) is 10.3 Å². The quantitative estimate of drug-likeness (QED) is 0.708. The molecule has 0 aliphatic rings. The van der Waals surface area contributed by atoms with Crippen LogP contribution < -0.4 is 5.32 Å². The molecular formula is C19H25N3O4S. The summed E-state index contributed by atoms with van der Waals surface area (Å²) < 4.78 is 26.7. The number of H-pyrrole nitrogens is 1. The molecule has 0 unspecified atom stereocenters. The number of hydrogen-bond donors (Lipinski definition) is 2. The predicted octanol–water partition coefficient (Wildman–Crippen LogP) is 3.12. The largest absolute Gasteiger partial charge is 0.354 e. The van der Waals surface area contributed by atoms with Crippen molar-refractivity contribution < 1.29 is 18.0 Å². The first-order valence-corrected chi connectivity index (χ1v) is 10.2. The van der Waals surface area contributed by atoms with Crippen LogP contribution in [0.5, 0.6) is 0 Å². The Morgan fingerprint density at radius 1 is 1.15 bits per heavy atom. The van der Waals surface area contributed by atoms with Crippen LogP contribution in [0.25, 0.3) is 0 Å². The number of aromatic amines is 1. The van der Waals surface area contributed by atoms with Crippen molar-refractivity contribution in [3.63, 3.8) is 0 Å². The minimum Gasteiger partial charge on any atom is -0.354 e. The number of nitrogens with zero attached hydrogens (tertiary/aromatic N) is 1. The molecule has 27 heavy (non-hydrogen) atoms. The number of rotatable bonds is 7. The van der Waals surface area contributed by atoms with Gasteiger partial charge in [0, 0.05) is 30.0 Å². The summed E-state index contributed by atoms with van der Waals surface area (Å²) in [7, 11) is -3.62. The molecule has 1 heterocycles. The molecule has 0 spiro atoms. The van der Waals surface area contributed by atoms with Crippen LogP contribution in [-0.4, -0.2) is 42.5 Å². The summed E-state index contributed by atoms with van der Waals surface area (Å²) in [6.07, 6.45) is 0. The number of aromatic nitrogens is 1. The number of carbonyl (C=O) groups excluding carboxylic acids is 2. The number of sulfonamides is 1. The zero-order chi connectivity index (χ0) is 20.4. The first-order valence-electron chi connectivity index (χ1n) is 8.75. The number of nitrogens with one attached hydrogen (secondary N) is 2. The summed E-state index contributed by atoms with van der Waals surface area (Å²) in [5.41, 5.74) is 2.35. The van der Waals surface area contributed by atoms with Gasteiger partial charge in [-0.05, 0) is 44.5 Å². The standard InChI is InChI=1S/C19H25N3O4S/c1-6-22(7-2)27(25,26)16-10-8-9-15(11-16)21-19(24)18-12(3)17(14(5)23)13(4)20-18/h8-11,20H,6-7H2,1-5H3,(H,21,24). The van der Waals surface area contributed by atoms with Gasteiger partial charge in [0.1, 0.15) is 5.69 Å². The topological polar surface area (TPSA) is 99.3 Å². The average molecular weight is 391 g/mol. The van der Waals surface area contributed by atoms with E-state index < -0.39 is 15.9 Å². The number of hydrogen-bond acceptors (Lipinski definition) is 4. The van der Waals surface area contributed by atoms with E-state index in [1.807, 2.05) is 0 Å². The number of benzene rings is 1. The third-order valence-electron chi connectivity index (χ3n) is 4.45. The van der Waals surface area contributed by atoms with Crippen molar-refractivity contribution in [2.75, 3.05) is 18.4 Å². The molecule has 0 saturated carbocycles. The van der Waals surface area contributed by atoms with Crippen LogP contribution in [0.3, 0.4) is 0 Å². The van der Waals surface area contributed by atoms with E-state index in [9.17, 15) is 18.0 Å². The maximum Gasteiger partial charge on any atom is 0.272 e. The summed E-state index contributed by atoms with van der Waals surface area (Å²) >= 11 is 0. The second-order valence-corrected chi connectivity index (χ2v) is 8.19. The van der Waals surface area contributed by atoms with Gasteiger partial charge in [-0.15, -0.1) is 0 Å². The zero-order valence-electron chi connectivity index (χ0n) is 16.2. The lowest BCUT2D eigenvalue weighted by atomic mass is 10.1. The van der Waals surface area contributed by atoms with E-state index >= 15 is 0 Å². The molecule has 1 amide bonds. The number of carbonyl (C=O) groups is 2. The van der Waals surface area contributed by atoms with Crippen LogP contribution in [0, 0.1) is 13.8 Å². The van der Waals surface area contributed by atoms with E-state index in [-0.39, 0.29) is 16.4 Å². The summed E-state index contributed by atoms with van der Waals surface area (Å²) in [6.45, 7) is 9.17. The zero-order valence-corrected chi connectivity index (χ0v) is 17.0. The highest BCUT2D eigenvalue weighted by Gasteiger charge is 2.23. The van der Waals surface area contributed by atoms with Crippen molar-refractivity contribution in [1.82, 2.24) is 9.29 Å². The summed E-state index contributed by atoms with van der Waals surface area (Å²) in [5.74, 6) is -0.548. The molecule has 1 aromatic carbocycles. The van der Waals surface area contributed by atoms with Crippen molar-refractivity contribution in [3.05, 3.63) is 46.8 Å². The fraction of sp³-hybridized carbons (Fsp3) is 0.368. The molecule has 1 aromatic heterocycles. The van der Waals surface area contributed by atoms with Crippen LogP contribution >= 0.6 is 0 Å². The van der Waals surface area contributed by atoms with Gasteiger partial charge in [-0.3, -0.25) is 9.59 Å². The molecule has 0 fully saturated rings. The van der Waals surface area contributed by atoms with E-state index in [0.717, 1.165) is 0 Å². The van der Waals surface area contributed by atoms with Crippen molar-refractivity contribution >= 4 is 27.4 Å². The highest BCUT2D eigenvalue weighted by Crippen LogP contribution is 2.22. The molecule has 8 heteroatoms. The predicted molar refractivity (Wildman–Crippen MR) is 105 cm³/mol. The monoisotopic (exact) mass is 391 g/mol. The van der Waals surface area contributed by atoms with Crippen molar-refractivity contribution in [2.45, 2.75) is 39.5 Å². The summed E-state index contributed by atoms with van der Waals surface area (Å²) in [6, 6.07) is 6.14. The minimum absolute atomic E-state index is 0.118. The Bertz CT molecular complexity index is 973. The number of Topliss-reactive ketones (excluding diaryl/α,β-unsaturated/α-hetero) is 1. The first-order chi connectivity index (χ1) is 12.6. The lowest BCUT2D eigenvalue weighted by Gasteiger charge is -2.18. The van der Waals surface area contributed by atoms with E-state index in [4.69, 9.17) is 0 Å². The second kappa shape index (κ2) is 8.06. The maximum atomic E-state index is 12.6. The summed E-state index contributed by atoms with van der Waals surface area (Å²) in [4.78, 5) is 27.4. The average Bonchev–Trinajstić information content (AvgIpc) is 2.90. The molecule has 0 aliphatic heterocycles. The normalized spacial score (nSPS) is 11.6. The molecule has 146 valence electrons. The van der Waals surface area contributed by atoms with Crippen LogP contribution in [-0.2, 0) is 10.0 Å². The molecule has 2 N–H and O–H groups in total. The Morgan fingerprint density at radius 3 is 2.30 bits per heavy atom. The van der Waals surface area contributed by atoms with Crippen LogP contribution in [0.15, 0.2) is 29.2 Å². The van der Waals surface area contributed by atoms with Gasteiger partial charge in [0.05, 0.1) is 4.90 Å². The third-order valence-corrected chi connectivity index (χ3v) is 6.50. The van der Waals surface area contributed by atoms with Crippen molar-refractivity contribution in [3.8, 4) is 0 Å². The lowest BCUT2D eigenvalue weighted by Crippen LogP contribution is -2.30. The molecular weight excluding hydrogens is 366 g/mol.